The molecule has 0 amide bonds. The minimum Gasteiger partial charge on any atom is -0.311 e. The van der Waals surface area contributed by atoms with Gasteiger partial charge in [-0.2, -0.15) is 0 Å². The Balaban J connectivity index is 1.06. The zero-order valence-corrected chi connectivity index (χ0v) is 28.6. The molecule has 0 radical (unpaired) electrons. The molecule has 0 atom stereocenters. The van der Waals surface area contributed by atoms with Crippen molar-refractivity contribution in [3.8, 4) is 41.8 Å². The van der Waals surface area contributed by atoms with E-state index in [1.54, 1.807) is 0 Å². The van der Waals surface area contributed by atoms with Crippen LogP contribution < -0.4 is 4.90 Å². The lowest BCUT2D eigenvalue weighted by molar-refractivity contribution is 0.997. The lowest BCUT2D eigenvalue weighted by Gasteiger charge is -2.26. The van der Waals surface area contributed by atoms with E-state index in [4.69, 9.17) is 0 Å². The Bertz CT molecular complexity index is 2340. The number of allylic oxidation sites excluding steroid dienone is 1. The minimum atomic E-state index is 1.14. The number of fused-ring (bicyclic) bond motifs is 2. The van der Waals surface area contributed by atoms with Gasteiger partial charge in [-0.25, -0.2) is 0 Å². The summed E-state index contributed by atoms with van der Waals surface area (Å²) in [6, 6.07) is 55.6. The Kier molecular flexibility index (Phi) is 7.63. The molecule has 0 saturated carbocycles. The van der Waals surface area contributed by atoms with Crippen LogP contribution in [0.1, 0.15) is 16.9 Å². The van der Waals surface area contributed by atoms with Crippen molar-refractivity contribution in [2.75, 3.05) is 4.90 Å². The van der Waals surface area contributed by atoms with Crippen molar-refractivity contribution in [1.29, 1.82) is 0 Å². The number of anilines is 3. The van der Waals surface area contributed by atoms with Gasteiger partial charge in [-0.3, -0.25) is 0 Å². The van der Waals surface area contributed by atoms with Gasteiger partial charge in [0.05, 0.1) is 0 Å². The fourth-order valence-electron chi connectivity index (χ4n) is 6.50. The van der Waals surface area contributed by atoms with E-state index >= 15 is 0 Å². The number of benzene rings is 5. The number of aryl methyl sites for hydroxylation is 1. The summed E-state index contributed by atoms with van der Waals surface area (Å²) in [5, 5.41) is 1.30. The average Bonchev–Trinajstić information content (AvgIpc) is 3.92. The first kappa shape index (κ1) is 29.2. The van der Waals surface area contributed by atoms with Gasteiger partial charge in [0.25, 0.3) is 0 Å². The first-order valence-electron chi connectivity index (χ1n) is 16.3. The van der Waals surface area contributed by atoms with Crippen molar-refractivity contribution >= 4 is 67.2 Å². The Morgan fingerprint density at radius 3 is 1.58 bits per heavy atom. The zero-order chi connectivity index (χ0) is 31.9. The van der Waals surface area contributed by atoms with Crippen molar-refractivity contribution in [2.24, 2.45) is 0 Å². The van der Waals surface area contributed by atoms with Crippen LogP contribution >= 0.6 is 34.0 Å². The molecule has 1 aliphatic rings. The van der Waals surface area contributed by atoms with E-state index in [1.807, 2.05) is 34.0 Å². The molecule has 3 aromatic heterocycles. The minimum absolute atomic E-state index is 1.14. The highest BCUT2D eigenvalue weighted by molar-refractivity contribution is 7.22. The molecule has 0 spiro atoms. The summed E-state index contributed by atoms with van der Waals surface area (Å²) in [6.07, 6.45) is 6.86. The van der Waals surface area contributed by atoms with Crippen LogP contribution in [0.3, 0.4) is 0 Å². The van der Waals surface area contributed by atoms with Crippen LogP contribution in [0.25, 0.3) is 57.9 Å². The molecular formula is C44H31NS3. The molecule has 230 valence electrons. The predicted molar refractivity (Wildman–Crippen MR) is 211 cm³/mol. The zero-order valence-electron chi connectivity index (χ0n) is 26.2. The van der Waals surface area contributed by atoms with E-state index in [2.05, 4.69) is 169 Å². The van der Waals surface area contributed by atoms with Crippen molar-refractivity contribution in [1.82, 2.24) is 0 Å². The first-order valence-corrected chi connectivity index (χ1v) is 18.7. The third kappa shape index (κ3) is 5.62. The Morgan fingerprint density at radius 1 is 0.438 bits per heavy atom. The lowest BCUT2D eigenvalue weighted by atomic mass is 10.0. The van der Waals surface area contributed by atoms with Gasteiger partial charge in [-0.15, -0.1) is 34.0 Å². The SMILES string of the molecule is C1=Cc2sc(-c3ccc(N(c4ccc(-c5ccc(-c6ccccc6)s5)cc4)c4ccc(-c5cc6ccccc6s5)cc4)cc3)cc2CC1. The number of rotatable bonds is 7. The summed E-state index contributed by atoms with van der Waals surface area (Å²) >= 11 is 5.59. The average molecular weight is 670 g/mol. The molecule has 0 unspecified atom stereocenters. The molecule has 1 nitrogen and oxygen atoms in total. The fourth-order valence-corrected chi connectivity index (χ4v) is 9.73. The smallest absolute Gasteiger partial charge is 0.0462 e. The number of nitrogens with zero attached hydrogens (tertiary/aromatic N) is 1. The second-order valence-corrected chi connectivity index (χ2v) is 15.3. The van der Waals surface area contributed by atoms with Gasteiger partial charge in [0, 0.05) is 46.1 Å². The van der Waals surface area contributed by atoms with Gasteiger partial charge < -0.3 is 4.90 Å². The molecule has 8 aromatic rings. The molecule has 3 heterocycles. The molecule has 0 aliphatic heterocycles. The maximum atomic E-state index is 2.38. The van der Waals surface area contributed by atoms with Gasteiger partial charge in [-0.1, -0.05) is 91.0 Å². The molecule has 1 aliphatic carbocycles. The standard InChI is InChI=1S/C44H31NS3/c1-2-8-30(9-3-1)41-26-27-42(46-41)31-14-20-36(21-15-31)45(37-22-16-32(17-23-37)43-28-34-10-4-6-12-39(34)47-43)38-24-18-33(19-25-38)44-29-35-11-5-7-13-40(35)48-44/h1-4,6-10,12-29H,5,11H2. The highest BCUT2D eigenvalue weighted by atomic mass is 32.1. The monoisotopic (exact) mass is 669 g/mol. The van der Waals surface area contributed by atoms with E-state index < -0.39 is 0 Å². The van der Waals surface area contributed by atoms with Crippen LogP contribution in [0, 0.1) is 0 Å². The highest BCUT2D eigenvalue weighted by Crippen LogP contribution is 2.42. The van der Waals surface area contributed by atoms with E-state index in [1.165, 1.54) is 62.3 Å². The quantitative estimate of drug-likeness (QED) is 0.163. The first-order chi connectivity index (χ1) is 23.7. The number of hydrogen-bond acceptors (Lipinski definition) is 4. The second kappa shape index (κ2) is 12.6. The lowest BCUT2D eigenvalue weighted by Crippen LogP contribution is -2.09. The second-order valence-electron chi connectivity index (χ2n) is 12.1. The van der Waals surface area contributed by atoms with Gasteiger partial charge in [-0.05, 0) is 119 Å². The van der Waals surface area contributed by atoms with Gasteiger partial charge in [0.2, 0.25) is 0 Å². The summed E-state index contributed by atoms with van der Waals surface area (Å²) in [6.45, 7) is 0. The van der Waals surface area contributed by atoms with Gasteiger partial charge in [0.1, 0.15) is 0 Å². The van der Waals surface area contributed by atoms with Crippen LogP contribution in [-0.2, 0) is 6.42 Å². The van der Waals surface area contributed by atoms with Crippen LogP contribution in [0.15, 0.2) is 158 Å². The molecular weight excluding hydrogens is 639 g/mol. The Morgan fingerprint density at radius 2 is 0.979 bits per heavy atom. The van der Waals surface area contributed by atoms with Crippen LogP contribution in [0.4, 0.5) is 17.1 Å². The summed E-state index contributed by atoms with van der Waals surface area (Å²) in [5.41, 5.74) is 9.91. The van der Waals surface area contributed by atoms with Gasteiger partial charge >= 0.3 is 0 Å². The maximum absolute atomic E-state index is 2.38. The molecule has 5 aromatic carbocycles. The number of hydrogen-bond donors (Lipinski definition) is 0. The van der Waals surface area contributed by atoms with Gasteiger partial charge in [0.15, 0.2) is 0 Å². The van der Waals surface area contributed by atoms with Crippen molar-refractivity contribution in [2.45, 2.75) is 12.8 Å². The van der Waals surface area contributed by atoms with Crippen LogP contribution in [0.5, 0.6) is 0 Å². The molecule has 0 saturated heterocycles. The van der Waals surface area contributed by atoms with E-state index in [9.17, 15) is 0 Å². The van der Waals surface area contributed by atoms with Crippen molar-refractivity contribution in [3.63, 3.8) is 0 Å². The van der Waals surface area contributed by atoms with E-state index in [0.29, 0.717) is 0 Å². The normalized spacial score (nSPS) is 12.3. The van der Waals surface area contributed by atoms with Crippen LogP contribution in [-0.4, -0.2) is 0 Å². The third-order valence-corrected chi connectivity index (χ3v) is 12.6. The molecule has 9 rings (SSSR count). The predicted octanol–water partition coefficient (Wildman–Crippen LogP) is 14.1. The molecule has 4 heteroatoms. The molecule has 48 heavy (non-hydrogen) atoms. The maximum Gasteiger partial charge on any atom is 0.0462 e. The molecule has 0 N–H and O–H groups in total. The van der Waals surface area contributed by atoms with E-state index in [0.717, 1.165) is 29.9 Å². The van der Waals surface area contributed by atoms with E-state index in [-0.39, 0.29) is 0 Å². The molecule has 0 bridgehead atoms. The summed E-state index contributed by atoms with van der Waals surface area (Å²) < 4.78 is 1.32. The summed E-state index contributed by atoms with van der Waals surface area (Å²) in [7, 11) is 0. The Hall–Kier alpha value is -5.00. The van der Waals surface area contributed by atoms with Crippen molar-refractivity contribution < 1.29 is 0 Å². The highest BCUT2D eigenvalue weighted by Gasteiger charge is 2.16. The largest absolute Gasteiger partial charge is 0.311 e. The third-order valence-electron chi connectivity index (χ3n) is 9.01. The summed E-state index contributed by atoms with van der Waals surface area (Å²) in [5.74, 6) is 0. The topological polar surface area (TPSA) is 3.24 Å². The fraction of sp³-hybridized carbons (Fsp3) is 0.0455. The van der Waals surface area contributed by atoms with Crippen molar-refractivity contribution in [3.05, 3.63) is 168 Å². The molecule has 0 fully saturated rings. The van der Waals surface area contributed by atoms with Crippen LogP contribution in [0.2, 0.25) is 0 Å². The number of thiophene rings is 3. The Labute approximate surface area is 293 Å². The summed E-state index contributed by atoms with van der Waals surface area (Å²) in [4.78, 5) is 8.97.